The molecule has 0 saturated heterocycles. The molecule has 1 aromatic heterocycles. The van der Waals surface area contributed by atoms with Crippen molar-refractivity contribution in [2.24, 2.45) is 5.73 Å². The summed E-state index contributed by atoms with van der Waals surface area (Å²) in [5.41, 5.74) is 8.53. The number of nitrogens with one attached hydrogen (secondary N) is 1. The van der Waals surface area contributed by atoms with Crippen molar-refractivity contribution in [1.29, 1.82) is 0 Å². The fourth-order valence-electron chi connectivity index (χ4n) is 3.98. The van der Waals surface area contributed by atoms with Crippen LogP contribution in [0.2, 0.25) is 0 Å². The van der Waals surface area contributed by atoms with Gasteiger partial charge in [-0.1, -0.05) is 60.7 Å². The molecule has 3 N–H and O–H groups in total. The van der Waals surface area contributed by atoms with Crippen LogP contribution >= 0.6 is 11.3 Å². The van der Waals surface area contributed by atoms with Gasteiger partial charge in [-0.05, 0) is 34.6 Å². The molecule has 3 amide bonds. The van der Waals surface area contributed by atoms with E-state index in [4.69, 9.17) is 5.73 Å². The zero-order chi connectivity index (χ0) is 20.2. The van der Waals surface area contributed by atoms with Gasteiger partial charge in [0.05, 0.1) is 18.5 Å². The van der Waals surface area contributed by atoms with Gasteiger partial charge in [0, 0.05) is 11.4 Å². The van der Waals surface area contributed by atoms with E-state index in [1.165, 1.54) is 10.4 Å². The molecular formula is C23H23N3O2S. The molecular weight excluding hydrogens is 382 g/mol. The summed E-state index contributed by atoms with van der Waals surface area (Å²) in [6.07, 6.45) is 1.01. The van der Waals surface area contributed by atoms with Crippen molar-refractivity contribution in [2.75, 3.05) is 6.54 Å². The van der Waals surface area contributed by atoms with Crippen LogP contribution in [0.5, 0.6) is 0 Å². The van der Waals surface area contributed by atoms with E-state index in [1.54, 1.807) is 11.3 Å². The summed E-state index contributed by atoms with van der Waals surface area (Å²) in [7, 11) is 0. The first-order valence-electron chi connectivity index (χ1n) is 9.65. The maximum atomic E-state index is 13.4. The van der Waals surface area contributed by atoms with Crippen molar-refractivity contribution in [3.05, 3.63) is 93.7 Å². The Kier molecular flexibility index (Phi) is 5.62. The highest BCUT2D eigenvalue weighted by atomic mass is 32.1. The van der Waals surface area contributed by atoms with Gasteiger partial charge >= 0.3 is 6.03 Å². The quantitative estimate of drug-likeness (QED) is 0.673. The molecule has 0 aliphatic carbocycles. The standard InChI is InChI=1S/C23H23N3O2S/c24-23(28)25-19(16-7-3-1-4-8-16)15-21(27)26-13-11-20-18(12-14-29-20)22(26)17-9-5-2-6-10-17/h1-10,12,14,19,22H,11,13,15H2,(H3,24,25,28)/t19-,22+/m1/s1. The largest absolute Gasteiger partial charge is 0.352 e. The number of carbonyl (C=O) groups excluding carboxylic acids is 2. The number of hydrogen-bond acceptors (Lipinski definition) is 3. The second-order valence-corrected chi connectivity index (χ2v) is 8.13. The molecule has 0 saturated carbocycles. The summed E-state index contributed by atoms with van der Waals surface area (Å²) >= 11 is 1.75. The number of thiophene rings is 1. The van der Waals surface area contributed by atoms with Gasteiger partial charge in [-0.15, -0.1) is 11.3 Å². The van der Waals surface area contributed by atoms with E-state index in [0.29, 0.717) is 6.54 Å². The molecule has 2 heterocycles. The van der Waals surface area contributed by atoms with Gasteiger partial charge < -0.3 is 16.0 Å². The fourth-order valence-corrected chi connectivity index (χ4v) is 4.88. The minimum atomic E-state index is -0.634. The predicted molar refractivity (Wildman–Crippen MR) is 115 cm³/mol. The van der Waals surface area contributed by atoms with Crippen LogP contribution in [0.15, 0.2) is 72.1 Å². The highest BCUT2D eigenvalue weighted by molar-refractivity contribution is 7.10. The number of benzene rings is 2. The van der Waals surface area contributed by atoms with Crippen molar-refractivity contribution < 1.29 is 9.59 Å². The Bertz CT molecular complexity index is 988. The van der Waals surface area contributed by atoms with Crippen LogP contribution in [-0.4, -0.2) is 23.4 Å². The molecule has 2 aromatic carbocycles. The maximum Gasteiger partial charge on any atom is 0.312 e. The molecule has 4 rings (SSSR count). The van der Waals surface area contributed by atoms with Gasteiger partial charge in [0.1, 0.15) is 0 Å². The SMILES string of the molecule is NC(=O)N[C@H](CC(=O)N1CCc2sccc2[C@@H]1c1ccccc1)c1ccccc1. The lowest BCUT2D eigenvalue weighted by atomic mass is 9.92. The van der Waals surface area contributed by atoms with Gasteiger partial charge in [0.2, 0.25) is 5.91 Å². The first kappa shape index (κ1) is 19.2. The molecule has 0 fully saturated rings. The van der Waals surface area contributed by atoms with E-state index in [9.17, 15) is 9.59 Å². The van der Waals surface area contributed by atoms with Crippen molar-refractivity contribution >= 4 is 23.3 Å². The number of carbonyl (C=O) groups is 2. The van der Waals surface area contributed by atoms with Gasteiger partial charge in [-0.3, -0.25) is 4.79 Å². The summed E-state index contributed by atoms with van der Waals surface area (Å²) in [6.45, 7) is 0.657. The van der Waals surface area contributed by atoms with Gasteiger partial charge in [-0.2, -0.15) is 0 Å². The zero-order valence-electron chi connectivity index (χ0n) is 16.0. The molecule has 1 aliphatic rings. The maximum absolute atomic E-state index is 13.4. The average molecular weight is 406 g/mol. The van der Waals surface area contributed by atoms with E-state index >= 15 is 0 Å². The molecule has 0 spiro atoms. The van der Waals surface area contributed by atoms with Crippen LogP contribution < -0.4 is 11.1 Å². The minimum absolute atomic E-state index is 0.00157. The van der Waals surface area contributed by atoms with E-state index in [-0.39, 0.29) is 18.4 Å². The van der Waals surface area contributed by atoms with Crippen molar-refractivity contribution in [1.82, 2.24) is 10.2 Å². The monoisotopic (exact) mass is 405 g/mol. The first-order valence-corrected chi connectivity index (χ1v) is 10.5. The molecule has 148 valence electrons. The number of rotatable bonds is 5. The summed E-state index contributed by atoms with van der Waals surface area (Å²) < 4.78 is 0. The number of primary amides is 1. The van der Waals surface area contributed by atoms with Crippen LogP contribution in [-0.2, 0) is 11.2 Å². The smallest absolute Gasteiger partial charge is 0.312 e. The molecule has 5 nitrogen and oxygen atoms in total. The van der Waals surface area contributed by atoms with E-state index in [1.807, 2.05) is 53.4 Å². The van der Waals surface area contributed by atoms with E-state index < -0.39 is 12.1 Å². The molecule has 2 atom stereocenters. The summed E-state index contributed by atoms with van der Waals surface area (Å²) in [5.74, 6) is -0.00157. The second kappa shape index (κ2) is 8.49. The molecule has 0 unspecified atom stereocenters. The van der Waals surface area contributed by atoms with Crippen LogP contribution in [0.3, 0.4) is 0 Å². The molecule has 6 heteroatoms. The summed E-state index contributed by atoms with van der Waals surface area (Å²) in [4.78, 5) is 28.2. The number of urea groups is 1. The third kappa shape index (κ3) is 4.17. The number of amides is 3. The average Bonchev–Trinajstić information content (AvgIpc) is 3.22. The predicted octanol–water partition coefficient (Wildman–Crippen LogP) is 4.02. The number of fused-ring (bicyclic) bond motifs is 1. The topological polar surface area (TPSA) is 75.4 Å². The van der Waals surface area contributed by atoms with Crippen LogP contribution in [0, 0.1) is 0 Å². The van der Waals surface area contributed by atoms with Crippen molar-refractivity contribution in [3.63, 3.8) is 0 Å². The highest BCUT2D eigenvalue weighted by Crippen LogP contribution is 2.38. The van der Waals surface area contributed by atoms with E-state index in [2.05, 4.69) is 28.9 Å². The lowest BCUT2D eigenvalue weighted by Gasteiger charge is -2.37. The van der Waals surface area contributed by atoms with E-state index in [0.717, 1.165) is 17.5 Å². The highest BCUT2D eigenvalue weighted by Gasteiger charge is 2.33. The molecule has 0 bridgehead atoms. The summed E-state index contributed by atoms with van der Waals surface area (Å²) in [6, 6.07) is 20.5. The minimum Gasteiger partial charge on any atom is -0.352 e. The van der Waals surface area contributed by atoms with Gasteiger partial charge in [-0.25, -0.2) is 4.79 Å². The number of nitrogens with two attached hydrogens (primary N) is 1. The normalized spacial score (nSPS) is 16.7. The van der Waals surface area contributed by atoms with Crippen LogP contribution in [0.4, 0.5) is 4.79 Å². The molecule has 0 radical (unpaired) electrons. The summed E-state index contributed by atoms with van der Waals surface area (Å²) in [5, 5.41) is 4.82. The van der Waals surface area contributed by atoms with Crippen molar-refractivity contribution in [2.45, 2.75) is 24.9 Å². The third-order valence-corrected chi connectivity index (χ3v) is 6.30. The Balaban J connectivity index is 1.63. The van der Waals surface area contributed by atoms with Crippen LogP contribution in [0.1, 0.15) is 40.1 Å². The Labute approximate surface area is 174 Å². The molecule has 3 aromatic rings. The lowest BCUT2D eigenvalue weighted by Crippen LogP contribution is -2.42. The fraction of sp³-hybridized carbons (Fsp3) is 0.217. The lowest BCUT2D eigenvalue weighted by molar-refractivity contribution is -0.133. The number of hydrogen-bond donors (Lipinski definition) is 2. The molecule has 1 aliphatic heterocycles. The Hall–Kier alpha value is -3.12. The van der Waals surface area contributed by atoms with Gasteiger partial charge in [0.15, 0.2) is 0 Å². The Morgan fingerprint density at radius 2 is 1.76 bits per heavy atom. The number of nitrogens with zero attached hydrogens (tertiary/aromatic N) is 1. The Morgan fingerprint density at radius 1 is 1.07 bits per heavy atom. The van der Waals surface area contributed by atoms with Gasteiger partial charge in [0.25, 0.3) is 0 Å². The van der Waals surface area contributed by atoms with Crippen molar-refractivity contribution in [3.8, 4) is 0 Å². The zero-order valence-corrected chi connectivity index (χ0v) is 16.8. The molecule has 29 heavy (non-hydrogen) atoms. The third-order valence-electron chi connectivity index (χ3n) is 5.30. The first-order chi connectivity index (χ1) is 14.1. The second-order valence-electron chi connectivity index (χ2n) is 7.13. The van der Waals surface area contributed by atoms with Crippen LogP contribution in [0.25, 0.3) is 0 Å². The Morgan fingerprint density at radius 3 is 2.45 bits per heavy atom.